The predicted octanol–water partition coefficient (Wildman–Crippen LogP) is 2.84. The number of aliphatic hydroxyl groups excluding tert-OH is 1. The van der Waals surface area contributed by atoms with Crippen LogP contribution < -0.4 is 5.32 Å². The minimum absolute atomic E-state index is 0.259. The molecule has 1 aliphatic carbocycles. The van der Waals surface area contributed by atoms with Gasteiger partial charge in [-0.15, -0.1) is 0 Å². The SMILES string of the molecule is CC(C(=O)NC1c2ccccc2CC1O)c1c(F)cccc1F. The summed E-state index contributed by atoms with van der Waals surface area (Å²) < 4.78 is 27.6. The Morgan fingerprint density at radius 3 is 2.52 bits per heavy atom. The number of hydrogen-bond donors (Lipinski definition) is 2. The molecule has 2 aromatic rings. The van der Waals surface area contributed by atoms with E-state index in [2.05, 4.69) is 5.32 Å². The van der Waals surface area contributed by atoms with E-state index < -0.39 is 35.6 Å². The van der Waals surface area contributed by atoms with Gasteiger partial charge in [0.25, 0.3) is 0 Å². The minimum Gasteiger partial charge on any atom is -0.390 e. The van der Waals surface area contributed by atoms with E-state index in [1.807, 2.05) is 24.3 Å². The molecule has 3 rings (SSSR count). The highest BCUT2D eigenvalue weighted by Gasteiger charge is 2.33. The zero-order valence-electron chi connectivity index (χ0n) is 12.6. The van der Waals surface area contributed by atoms with Crippen molar-refractivity contribution >= 4 is 5.91 Å². The van der Waals surface area contributed by atoms with Gasteiger partial charge in [0.2, 0.25) is 5.91 Å². The van der Waals surface area contributed by atoms with Crippen LogP contribution in [0.1, 0.15) is 35.6 Å². The Balaban J connectivity index is 1.82. The first-order valence-corrected chi connectivity index (χ1v) is 7.49. The lowest BCUT2D eigenvalue weighted by Gasteiger charge is -2.21. The first kappa shape index (κ1) is 15.6. The van der Waals surface area contributed by atoms with Crippen LogP contribution in [0.5, 0.6) is 0 Å². The van der Waals surface area contributed by atoms with Gasteiger partial charge >= 0.3 is 0 Å². The molecule has 3 nitrogen and oxygen atoms in total. The molecule has 2 N–H and O–H groups in total. The Hall–Kier alpha value is -2.27. The maximum atomic E-state index is 13.8. The molecule has 120 valence electrons. The normalized spacial score (nSPS) is 20.9. The van der Waals surface area contributed by atoms with E-state index in [1.165, 1.54) is 13.0 Å². The molecule has 23 heavy (non-hydrogen) atoms. The van der Waals surface area contributed by atoms with Gasteiger partial charge in [-0.2, -0.15) is 0 Å². The number of benzene rings is 2. The zero-order chi connectivity index (χ0) is 16.6. The van der Waals surface area contributed by atoms with Gasteiger partial charge in [-0.1, -0.05) is 30.3 Å². The third kappa shape index (κ3) is 2.84. The van der Waals surface area contributed by atoms with Gasteiger partial charge in [0, 0.05) is 12.0 Å². The number of carbonyl (C=O) groups is 1. The van der Waals surface area contributed by atoms with Gasteiger partial charge in [-0.3, -0.25) is 4.79 Å². The molecule has 0 spiro atoms. The lowest BCUT2D eigenvalue weighted by molar-refractivity contribution is -0.123. The van der Waals surface area contributed by atoms with Gasteiger partial charge in [0.15, 0.2) is 0 Å². The van der Waals surface area contributed by atoms with E-state index >= 15 is 0 Å². The highest BCUT2D eigenvalue weighted by atomic mass is 19.1. The largest absolute Gasteiger partial charge is 0.390 e. The first-order valence-electron chi connectivity index (χ1n) is 7.49. The summed E-state index contributed by atoms with van der Waals surface area (Å²) in [6.07, 6.45) is -0.294. The van der Waals surface area contributed by atoms with Crippen LogP contribution in [0.15, 0.2) is 42.5 Å². The second-order valence-electron chi connectivity index (χ2n) is 5.81. The monoisotopic (exact) mass is 317 g/mol. The molecule has 0 aliphatic heterocycles. The van der Waals surface area contributed by atoms with Gasteiger partial charge in [0.05, 0.1) is 18.1 Å². The molecule has 0 saturated heterocycles. The van der Waals surface area contributed by atoms with Gasteiger partial charge in [-0.05, 0) is 30.2 Å². The number of amides is 1. The van der Waals surface area contributed by atoms with Gasteiger partial charge < -0.3 is 10.4 Å². The van der Waals surface area contributed by atoms with E-state index in [0.717, 1.165) is 23.3 Å². The molecule has 0 bridgehead atoms. The van der Waals surface area contributed by atoms with E-state index in [4.69, 9.17) is 0 Å². The van der Waals surface area contributed by atoms with Crippen molar-refractivity contribution in [1.82, 2.24) is 5.32 Å². The molecule has 3 atom stereocenters. The predicted molar refractivity (Wildman–Crippen MR) is 81.8 cm³/mol. The number of rotatable bonds is 3. The number of aliphatic hydroxyl groups is 1. The topological polar surface area (TPSA) is 49.3 Å². The molecule has 0 radical (unpaired) electrons. The molecule has 0 aromatic heterocycles. The zero-order valence-corrected chi connectivity index (χ0v) is 12.6. The summed E-state index contributed by atoms with van der Waals surface area (Å²) in [5.41, 5.74) is 1.55. The fraction of sp³-hybridized carbons (Fsp3) is 0.278. The summed E-state index contributed by atoms with van der Waals surface area (Å²) in [4.78, 5) is 12.4. The molecular formula is C18H17F2NO2. The summed E-state index contributed by atoms with van der Waals surface area (Å²) >= 11 is 0. The Bertz CT molecular complexity index is 727. The molecule has 1 aliphatic rings. The summed E-state index contributed by atoms with van der Waals surface area (Å²) in [6.45, 7) is 1.45. The van der Waals surface area contributed by atoms with Crippen LogP contribution in [0.4, 0.5) is 8.78 Å². The van der Waals surface area contributed by atoms with Crippen molar-refractivity contribution in [2.75, 3.05) is 0 Å². The fourth-order valence-corrected chi connectivity index (χ4v) is 3.08. The molecule has 5 heteroatoms. The lowest BCUT2D eigenvalue weighted by Crippen LogP contribution is -2.36. The Labute approximate surface area is 133 Å². The van der Waals surface area contributed by atoms with Crippen LogP contribution in [0, 0.1) is 11.6 Å². The summed E-state index contributed by atoms with van der Waals surface area (Å²) in [7, 11) is 0. The summed E-state index contributed by atoms with van der Waals surface area (Å²) in [5, 5.41) is 12.9. The van der Waals surface area contributed by atoms with Gasteiger partial charge in [0.1, 0.15) is 11.6 Å². The highest BCUT2D eigenvalue weighted by Crippen LogP contribution is 2.32. The van der Waals surface area contributed by atoms with Crippen molar-refractivity contribution in [1.29, 1.82) is 0 Å². The minimum atomic E-state index is -0.990. The Morgan fingerprint density at radius 2 is 1.83 bits per heavy atom. The number of hydrogen-bond acceptors (Lipinski definition) is 2. The van der Waals surface area contributed by atoms with Crippen LogP contribution in [0.2, 0.25) is 0 Å². The lowest BCUT2D eigenvalue weighted by atomic mass is 9.98. The number of halogens is 2. The van der Waals surface area contributed by atoms with Crippen LogP contribution in [0.3, 0.4) is 0 Å². The summed E-state index contributed by atoms with van der Waals surface area (Å²) in [6, 6.07) is 10.4. The van der Waals surface area contributed by atoms with Crippen LogP contribution in [0.25, 0.3) is 0 Å². The van der Waals surface area contributed by atoms with Crippen LogP contribution >= 0.6 is 0 Å². The third-order valence-corrected chi connectivity index (χ3v) is 4.33. The fourth-order valence-electron chi connectivity index (χ4n) is 3.08. The Kier molecular flexibility index (Phi) is 4.13. The molecule has 0 saturated carbocycles. The van der Waals surface area contributed by atoms with Crippen molar-refractivity contribution < 1.29 is 18.7 Å². The number of carbonyl (C=O) groups excluding carboxylic acids is 1. The number of nitrogens with one attached hydrogen (secondary N) is 1. The standard InChI is InChI=1S/C18H17F2NO2/c1-10(16-13(19)7-4-8-14(16)20)18(23)21-17-12-6-3-2-5-11(12)9-15(17)22/h2-8,10,15,17,22H,9H2,1H3,(H,21,23). The van der Waals surface area contributed by atoms with E-state index in [-0.39, 0.29) is 5.56 Å². The molecule has 0 heterocycles. The van der Waals surface area contributed by atoms with Crippen molar-refractivity contribution in [3.63, 3.8) is 0 Å². The van der Waals surface area contributed by atoms with E-state index in [0.29, 0.717) is 6.42 Å². The van der Waals surface area contributed by atoms with Crippen molar-refractivity contribution in [3.05, 3.63) is 70.8 Å². The molecule has 2 aromatic carbocycles. The highest BCUT2D eigenvalue weighted by molar-refractivity contribution is 5.84. The third-order valence-electron chi connectivity index (χ3n) is 4.33. The molecule has 3 unspecified atom stereocenters. The average Bonchev–Trinajstić information content (AvgIpc) is 2.83. The smallest absolute Gasteiger partial charge is 0.228 e. The first-order chi connectivity index (χ1) is 11.0. The van der Waals surface area contributed by atoms with Crippen molar-refractivity contribution in [3.8, 4) is 0 Å². The maximum Gasteiger partial charge on any atom is 0.228 e. The molecule has 0 fully saturated rings. The second-order valence-corrected chi connectivity index (χ2v) is 5.81. The van der Waals surface area contributed by atoms with Crippen LogP contribution in [-0.4, -0.2) is 17.1 Å². The summed E-state index contributed by atoms with van der Waals surface area (Å²) in [5.74, 6) is -3.01. The average molecular weight is 317 g/mol. The quantitative estimate of drug-likeness (QED) is 0.914. The van der Waals surface area contributed by atoms with E-state index in [1.54, 1.807) is 0 Å². The van der Waals surface area contributed by atoms with E-state index in [9.17, 15) is 18.7 Å². The number of fused-ring (bicyclic) bond motifs is 1. The van der Waals surface area contributed by atoms with Gasteiger partial charge in [-0.25, -0.2) is 8.78 Å². The Morgan fingerprint density at radius 1 is 1.17 bits per heavy atom. The molecule has 1 amide bonds. The maximum absolute atomic E-state index is 13.8. The van der Waals surface area contributed by atoms with Crippen molar-refractivity contribution in [2.45, 2.75) is 31.4 Å². The van der Waals surface area contributed by atoms with Crippen LogP contribution in [-0.2, 0) is 11.2 Å². The van der Waals surface area contributed by atoms with Crippen molar-refractivity contribution in [2.24, 2.45) is 0 Å². The second kappa shape index (κ2) is 6.08. The molecular weight excluding hydrogens is 300 g/mol.